The van der Waals surface area contributed by atoms with Gasteiger partial charge in [0.2, 0.25) is 5.91 Å². The second kappa shape index (κ2) is 12.6. The van der Waals surface area contributed by atoms with Gasteiger partial charge in [-0.2, -0.15) is 0 Å². The van der Waals surface area contributed by atoms with Gasteiger partial charge in [0.05, 0.1) is 18.6 Å². The molecule has 0 aliphatic heterocycles. The first-order valence-electron chi connectivity index (χ1n) is 13.0. The Morgan fingerprint density at radius 2 is 1.74 bits per heavy atom. The van der Waals surface area contributed by atoms with Crippen molar-refractivity contribution in [3.8, 4) is 5.75 Å². The maximum Gasteiger partial charge on any atom is 0.269 e. The molecular formula is C30H38N4O5. The molecule has 0 unspecified atom stereocenters. The van der Waals surface area contributed by atoms with E-state index in [1.165, 1.54) is 29.2 Å². The Morgan fingerprint density at radius 3 is 2.33 bits per heavy atom. The Bertz CT molecular complexity index is 1290. The van der Waals surface area contributed by atoms with E-state index >= 15 is 0 Å². The van der Waals surface area contributed by atoms with E-state index in [2.05, 4.69) is 4.57 Å². The smallest absolute Gasteiger partial charge is 0.269 e. The lowest BCUT2D eigenvalue weighted by Gasteiger charge is -2.37. The fourth-order valence-corrected chi connectivity index (χ4v) is 4.39. The maximum absolute atomic E-state index is 13.8. The summed E-state index contributed by atoms with van der Waals surface area (Å²) >= 11 is 0. The van der Waals surface area contributed by atoms with Crippen LogP contribution in [0.25, 0.3) is 0 Å². The van der Waals surface area contributed by atoms with E-state index in [-0.39, 0.29) is 30.0 Å². The van der Waals surface area contributed by atoms with Crippen LogP contribution in [0.4, 0.5) is 5.69 Å². The third-order valence-corrected chi connectivity index (χ3v) is 6.37. The zero-order chi connectivity index (χ0) is 28.7. The highest BCUT2D eigenvalue weighted by Gasteiger charge is 2.30. The average Bonchev–Trinajstić information content (AvgIpc) is 3.32. The molecule has 1 heterocycles. The van der Waals surface area contributed by atoms with E-state index in [1.54, 1.807) is 12.0 Å². The van der Waals surface area contributed by atoms with Gasteiger partial charge in [-0.25, -0.2) is 0 Å². The van der Waals surface area contributed by atoms with Gasteiger partial charge in [-0.1, -0.05) is 26.0 Å². The van der Waals surface area contributed by atoms with Crippen molar-refractivity contribution in [3.05, 3.63) is 93.8 Å². The summed E-state index contributed by atoms with van der Waals surface area (Å²) in [7, 11) is 1.64. The molecule has 3 rings (SSSR count). The Labute approximate surface area is 230 Å². The van der Waals surface area contributed by atoms with Crippen molar-refractivity contribution < 1.29 is 19.2 Å². The average molecular weight is 535 g/mol. The molecule has 2 amide bonds. The monoisotopic (exact) mass is 534 g/mol. The molecule has 3 aromatic rings. The molecule has 0 bridgehead atoms. The molecule has 0 saturated heterocycles. The van der Waals surface area contributed by atoms with Crippen LogP contribution < -0.4 is 4.74 Å². The van der Waals surface area contributed by atoms with E-state index in [9.17, 15) is 19.7 Å². The van der Waals surface area contributed by atoms with Gasteiger partial charge in [0.15, 0.2) is 0 Å². The van der Waals surface area contributed by atoms with Gasteiger partial charge < -0.3 is 19.1 Å². The van der Waals surface area contributed by atoms with Crippen molar-refractivity contribution in [2.75, 3.05) is 20.2 Å². The highest BCUT2D eigenvalue weighted by Crippen LogP contribution is 2.22. The lowest BCUT2D eigenvalue weighted by Crippen LogP contribution is -2.50. The molecule has 0 saturated carbocycles. The lowest BCUT2D eigenvalue weighted by molar-refractivity contribution is -0.384. The van der Waals surface area contributed by atoms with Crippen LogP contribution >= 0.6 is 0 Å². The number of benzene rings is 2. The van der Waals surface area contributed by atoms with Crippen molar-refractivity contribution in [2.45, 2.75) is 53.2 Å². The number of carbonyl (C=O) groups is 2. The summed E-state index contributed by atoms with van der Waals surface area (Å²) in [5.41, 5.74) is 1.77. The third kappa shape index (κ3) is 7.92. The molecular weight excluding hydrogens is 496 g/mol. The summed E-state index contributed by atoms with van der Waals surface area (Å²) in [5, 5.41) is 11.0. The number of rotatable bonds is 11. The van der Waals surface area contributed by atoms with Crippen molar-refractivity contribution in [2.24, 2.45) is 5.92 Å². The van der Waals surface area contributed by atoms with Crippen LogP contribution in [0.1, 0.15) is 56.2 Å². The van der Waals surface area contributed by atoms with Crippen LogP contribution in [0.2, 0.25) is 0 Å². The largest absolute Gasteiger partial charge is 0.497 e. The molecule has 0 atom stereocenters. The van der Waals surface area contributed by atoms with Crippen LogP contribution in [-0.2, 0) is 17.9 Å². The van der Waals surface area contributed by atoms with Crippen LogP contribution in [0.5, 0.6) is 5.75 Å². The molecule has 0 fully saturated rings. The Kier molecular flexibility index (Phi) is 9.51. The number of nitrogens with zero attached hydrogens (tertiary/aromatic N) is 4. The van der Waals surface area contributed by atoms with Crippen molar-refractivity contribution in [3.63, 3.8) is 0 Å². The minimum absolute atomic E-state index is 0.0890. The first kappa shape index (κ1) is 29.4. The molecule has 0 radical (unpaired) electrons. The minimum atomic E-state index is -0.505. The maximum atomic E-state index is 13.8. The van der Waals surface area contributed by atoms with Gasteiger partial charge in [-0.3, -0.25) is 19.7 Å². The first-order chi connectivity index (χ1) is 18.4. The summed E-state index contributed by atoms with van der Waals surface area (Å²) in [4.78, 5) is 41.0. The molecule has 0 aliphatic rings. The predicted octanol–water partition coefficient (Wildman–Crippen LogP) is 5.38. The van der Waals surface area contributed by atoms with Gasteiger partial charge in [0.25, 0.3) is 11.6 Å². The number of hydrogen-bond acceptors (Lipinski definition) is 5. The van der Waals surface area contributed by atoms with E-state index in [0.29, 0.717) is 25.2 Å². The third-order valence-electron chi connectivity index (χ3n) is 6.37. The van der Waals surface area contributed by atoms with Crippen LogP contribution in [0, 0.1) is 16.0 Å². The summed E-state index contributed by atoms with van der Waals surface area (Å²) in [6.07, 6.45) is 1.99. The predicted molar refractivity (Wildman–Crippen MR) is 151 cm³/mol. The van der Waals surface area contributed by atoms with E-state index < -0.39 is 10.5 Å². The number of non-ortho nitro benzene ring substituents is 1. The standard InChI is InChI=1S/C30H38N4O5/c1-22(2)18-32(29(36)24-12-14-25(15-13-24)34(37)38)21-28(35)33(30(3,4)5)20-26-10-8-16-31(26)19-23-9-7-11-27(17-23)39-6/h7-17,22H,18-21H2,1-6H3. The van der Waals surface area contributed by atoms with Gasteiger partial charge in [0, 0.05) is 48.2 Å². The van der Waals surface area contributed by atoms with Crippen LogP contribution in [0.3, 0.4) is 0 Å². The molecule has 0 N–H and O–H groups in total. The number of ether oxygens (including phenoxy) is 1. The Hall–Kier alpha value is -4.14. The fourth-order valence-electron chi connectivity index (χ4n) is 4.39. The Balaban J connectivity index is 1.82. The molecule has 39 heavy (non-hydrogen) atoms. The number of nitro benzene ring substituents is 1. The van der Waals surface area contributed by atoms with Crippen LogP contribution in [-0.4, -0.2) is 56.8 Å². The highest BCUT2D eigenvalue weighted by atomic mass is 16.6. The molecule has 0 spiro atoms. The minimum Gasteiger partial charge on any atom is -0.497 e. The number of carbonyl (C=O) groups excluding carboxylic acids is 2. The highest BCUT2D eigenvalue weighted by molar-refractivity contribution is 5.96. The SMILES string of the molecule is COc1cccc(Cn2cccc2CN(C(=O)CN(CC(C)C)C(=O)c2ccc([N+](=O)[O-])cc2)C(C)(C)C)c1. The van der Waals surface area contributed by atoms with Gasteiger partial charge in [-0.15, -0.1) is 0 Å². The molecule has 0 aliphatic carbocycles. The van der Waals surface area contributed by atoms with Gasteiger partial charge in [-0.05, 0) is 68.7 Å². The molecule has 2 aromatic carbocycles. The van der Waals surface area contributed by atoms with E-state index in [4.69, 9.17) is 4.74 Å². The number of hydrogen-bond donors (Lipinski definition) is 0. The molecule has 1 aromatic heterocycles. The number of methoxy groups -OCH3 is 1. The van der Waals surface area contributed by atoms with E-state index in [0.717, 1.165) is 17.0 Å². The van der Waals surface area contributed by atoms with Crippen molar-refractivity contribution in [1.82, 2.24) is 14.4 Å². The number of amides is 2. The van der Waals surface area contributed by atoms with Gasteiger partial charge >= 0.3 is 0 Å². The fraction of sp³-hybridized carbons (Fsp3) is 0.400. The Morgan fingerprint density at radius 1 is 1.05 bits per heavy atom. The second-order valence-electron chi connectivity index (χ2n) is 11.0. The van der Waals surface area contributed by atoms with Crippen molar-refractivity contribution in [1.29, 1.82) is 0 Å². The van der Waals surface area contributed by atoms with Crippen LogP contribution in [0.15, 0.2) is 66.9 Å². The second-order valence-corrected chi connectivity index (χ2v) is 11.0. The summed E-state index contributed by atoms with van der Waals surface area (Å²) < 4.78 is 7.46. The van der Waals surface area contributed by atoms with E-state index in [1.807, 2.05) is 77.2 Å². The van der Waals surface area contributed by atoms with Gasteiger partial charge in [0.1, 0.15) is 12.3 Å². The summed E-state index contributed by atoms with van der Waals surface area (Å²) in [6.45, 7) is 11.2. The molecule has 208 valence electrons. The zero-order valence-electron chi connectivity index (χ0n) is 23.6. The molecule has 9 heteroatoms. The quantitative estimate of drug-likeness (QED) is 0.243. The number of aromatic nitrogens is 1. The normalized spacial score (nSPS) is 11.4. The number of nitro groups is 1. The molecule has 9 nitrogen and oxygen atoms in total. The summed E-state index contributed by atoms with van der Waals surface area (Å²) in [5.74, 6) is 0.411. The van der Waals surface area contributed by atoms with Crippen molar-refractivity contribution >= 4 is 17.5 Å². The summed E-state index contributed by atoms with van der Waals surface area (Å²) in [6, 6.07) is 17.3. The topological polar surface area (TPSA) is 97.9 Å². The zero-order valence-corrected chi connectivity index (χ0v) is 23.6. The first-order valence-corrected chi connectivity index (χ1v) is 13.0. The lowest BCUT2D eigenvalue weighted by atomic mass is 10.0.